The van der Waals surface area contributed by atoms with Crippen molar-refractivity contribution in [2.24, 2.45) is 0 Å². The van der Waals surface area contributed by atoms with Gasteiger partial charge < -0.3 is 14.8 Å². The summed E-state index contributed by atoms with van der Waals surface area (Å²) in [5.41, 5.74) is 4.26. The summed E-state index contributed by atoms with van der Waals surface area (Å²) in [6.45, 7) is 5.61. The van der Waals surface area contributed by atoms with Gasteiger partial charge in [0.1, 0.15) is 0 Å². The Balaban J connectivity index is 1.34. The van der Waals surface area contributed by atoms with E-state index in [0.29, 0.717) is 0 Å². The third kappa shape index (κ3) is 3.05. The van der Waals surface area contributed by atoms with E-state index < -0.39 is 0 Å². The third-order valence-corrected chi connectivity index (χ3v) is 5.22. The number of piperazine rings is 1. The van der Waals surface area contributed by atoms with Crippen LogP contribution in [0.3, 0.4) is 0 Å². The Hall–Kier alpha value is -3.48. The zero-order chi connectivity index (χ0) is 18.9. The molecule has 3 aromatic heterocycles. The van der Waals surface area contributed by atoms with Crippen molar-refractivity contribution in [2.45, 2.75) is 6.92 Å². The zero-order valence-corrected chi connectivity index (χ0v) is 15.7. The first kappa shape index (κ1) is 16.7. The van der Waals surface area contributed by atoms with Crippen LogP contribution in [-0.2, 0) is 0 Å². The van der Waals surface area contributed by atoms with Crippen molar-refractivity contribution in [1.29, 1.82) is 0 Å². The largest absolute Gasteiger partial charge is 0.361 e. The van der Waals surface area contributed by atoms with Crippen LogP contribution in [0.5, 0.6) is 0 Å². The molecule has 0 amide bonds. The topological polar surface area (TPSA) is 73.8 Å². The van der Waals surface area contributed by atoms with Gasteiger partial charge in [0, 0.05) is 61.2 Å². The Labute approximate surface area is 163 Å². The van der Waals surface area contributed by atoms with E-state index in [9.17, 15) is 0 Å². The molecule has 0 spiro atoms. The molecule has 0 radical (unpaired) electrons. The van der Waals surface area contributed by atoms with Gasteiger partial charge in [-0.15, -0.1) is 10.2 Å². The van der Waals surface area contributed by atoms with E-state index in [0.717, 1.165) is 60.3 Å². The van der Waals surface area contributed by atoms with Gasteiger partial charge in [0.2, 0.25) is 5.95 Å². The van der Waals surface area contributed by atoms with Gasteiger partial charge in [-0.25, -0.2) is 9.97 Å². The van der Waals surface area contributed by atoms with E-state index in [-0.39, 0.29) is 0 Å². The average Bonchev–Trinajstić information content (AvgIpc) is 3.22. The van der Waals surface area contributed by atoms with E-state index in [1.807, 2.05) is 12.3 Å². The summed E-state index contributed by atoms with van der Waals surface area (Å²) in [5.74, 6) is 1.75. The second-order valence-corrected chi connectivity index (χ2v) is 7.04. The predicted molar refractivity (Wildman–Crippen MR) is 111 cm³/mol. The Bertz CT molecular complexity index is 1100. The van der Waals surface area contributed by atoms with E-state index in [2.05, 4.69) is 72.2 Å². The molecule has 1 aliphatic heterocycles. The fraction of sp³-hybridized carbons (Fsp3) is 0.238. The quantitative estimate of drug-likeness (QED) is 0.597. The molecule has 7 nitrogen and oxygen atoms in total. The van der Waals surface area contributed by atoms with Crippen molar-refractivity contribution in [2.75, 3.05) is 36.0 Å². The molecule has 5 rings (SSSR count). The molecule has 28 heavy (non-hydrogen) atoms. The molecule has 0 aliphatic carbocycles. The summed E-state index contributed by atoms with van der Waals surface area (Å²) < 4.78 is 0. The van der Waals surface area contributed by atoms with Crippen LogP contribution in [0.15, 0.2) is 55.0 Å². The van der Waals surface area contributed by atoms with Gasteiger partial charge in [0.15, 0.2) is 5.82 Å². The summed E-state index contributed by atoms with van der Waals surface area (Å²) in [4.78, 5) is 16.4. The highest BCUT2D eigenvalue weighted by Crippen LogP contribution is 2.26. The fourth-order valence-electron chi connectivity index (χ4n) is 3.72. The molecule has 0 bridgehead atoms. The van der Waals surface area contributed by atoms with Crippen molar-refractivity contribution in [3.05, 3.63) is 60.6 Å². The van der Waals surface area contributed by atoms with Crippen LogP contribution in [-0.4, -0.2) is 51.3 Å². The number of anilines is 2. The lowest BCUT2D eigenvalue weighted by Crippen LogP contribution is -2.47. The number of fused-ring (bicyclic) bond motifs is 1. The van der Waals surface area contributed by atoms with Gasteiger partial charge in [-0.3, -0.25) is 0 Å². The van der Waals surface area contributed by atoms with Gasteiger partial charge in [0.25, 0.3) is 0 Å². The van der Waals surface area contributed by atoms with Crippen molar-refractivity contribution in [3.63, 3.8) is 0 Å². The number of nitrogens with one attached hydrogen (secondary N) is 1. The highest BCUT2D eigenvalue weighted by molar-refractivity contribution is 5.84. The van der Waals surface area contributed by atoms with Crippen LogP contribution in [0.2, 0.25) is 0 Å². The predicted octanol–water partition coefficient (Wildman–Crippen LogP) is 3.05. The SMILES string of the molecule is Cc1cc(-c2ccc3[nH]ccc3c2)nnc1N1CCN(c2ncccn2)CC1. The molecule has 7 heteroatoms. The maximum absolute atomic E-state index is 4.56. The van der Waals surface area contributed by atoms with Gasteiger partial charge in [-0.2, -0.15) is 0 Å². The second-order valence-electron chi connectivity index (χ2n) is 7.04. The van der Waals surface area contributed by atoms with E-state index >= 15 is 0 Å². The van der Waals surface area contributed by atoms with Crippen LogP contribution in [0.4, 0.5) is 11.8 Å². The maximum Gasteiger partial charge on any atom is 0.225 e. The molecule has 1 aromatic carbocycles. The van der Waals surface area contributed by atoms with Crippen molar-refractivity contribution in [1.82, 2.24) is 25.1 Å². The highest BCUT2D eigenvalue weighted by Gasteiger charge is 2.21. The molecule has 140 valence electrons. The van der Waals surface area contributed by atoms with Gasteiger partial charge in [0.05, 0.1) is 5.69 Å². The lowest BCUT2D eigenvalue weighted by molar-refractivity contribution is 0.630. The summed E-state index contributed by atoms with van der Waals surface area (Å²) >= 11 is 0. The Morgan fingerprint density at radius 3 is 2.46 bits per heavy atom. The van der Waals surface area contributed by atoms with Crippen LogP contribution >= 0.6 is 0 Å². The minimum atomic E-state index is 0.792. The molecular formula is C21H21N7. The first-order valence-corrected chi connectivity index (χ1v) is 9.47. The summed E-state index contributed by atoms with van der Waals surface area (Å²) in [5, 5.41) is 10.3. The second kappa shape index (κ2) is 6.92. The van der Waals surface area contributed by atoms with Crippen molar-refractivity contribution >= 4 is 22.7 Å². The molecule has 1 fully saturated rings. The lowest BCUT2D eigenvalue weighted by atomic mass is 10.1. The molecule has 0 saturated carbocycles. The van der Waals surface area contributed by atoms with Crippen molar-refractivity contribution in [3.8, 4) is 11.3 Å². The number of hydrogen-bond acceptors (Lipinski definition) is 6. The van der Waals surface area contributed by atoms with Crippen LogP contribution in [0, 0.1) is 6.92 Å². The molecule has 1 N–H and O–H groups in total. The molecule has 0 unspecified atom stereocenters. The number of aryl methyl sites for hydroxylation is 1. The average molecular weight is 371 g/mol. The van der Waals surface area contributed by atoms with Crippen LogP contribution in [0.25, 0.3) is 22.2 Å². The fourth-order valence-corrected chi connectivity index (χ4v) is 3.72. The van der Waals surface area contributed by atoms with E-state index in [1.54, 1.807) is 12.4 Å². The molecule has 4 heterocycles. The number of rotatable bonds is 3. The summed E-state index contributed by atoms with van der Waals surface area (Å²) in [6, 6.07) is 12.4. The Morgan fingerprint density at radius 1 is 0.893 bits per heavy atom. The van der Waals surface area contributed by atoms with Gasteiger partial charge in [-0.05, 0) is 42.8 Å². The van der Waals surface area contributed by atoms with Crippen molar-refractivity contribution < 1.29 is 0 Å². The molecule has 4 aromatic rings. The van der Waals surface area contributed by atoms with Gasteiger partial charge >= 0.3 is 0 Å². The monoisotopic (exact) mass is 371 g/mol. The Kier molecular flexibility index (Phi) is 4.12. The normalized spacial score (nSPS) is 14.6. The lowest BCUT2D eigenvalue weighted by Gasteiger charge is -2.35. The number of nitrogens with zero attached hydrogens (tertiary/aromatic N) is 6. The Morgan fingerprint density at radius 2 is 1.68 bits per heavy atom. The summed E-state index contributed by atoms with van der Waals surface area (Å²) in [6.07, 6.45) is 5.52. The molecular weight excluding hydrogens is 350 g/mol. The molecule has 0 atom stereocenters. The zero-order valence-electron chi connectivity index (χ0n) is 15.7. The number of aromatic amines is 1. The smallest absolute Gasteiger partial charge is 0.225 e. The third-order valence-electron chi connectivity index (χ3n) is 5.22. The number of hydrogen-bond donors (Lipinski definition) is 1. The maximum atomic E-state index is 4.56. The van der Waals surface area contributed by atoms with Gasteiger partial charge in [-0.1, -0.05) is 6.07 Å². The van der Waals surface area contributed by atoms with E-state index in [1.165, 1.54) is 5.39 Å². The highest BCUT2D eigenvalue weighted by atomic mass is 15.3. The first-order chi connectivity index (χ1) is 13.8. The number of H-pyrrole nitrogens is 1. The molecule has 1 aliphatic rings. The first-order valence-electron chi connectivity index (χ1n) is 9.47. The minimum Gasteiger partial charge on any atom is -0.361 e. The number of benzene rings is 1. The molecule has 1 saturated heterocycles. The minimum absolute atomic E-state index is 0.792. The number of aromatic nitrogens is 5. The van der Waals surface area contributed by atoms with E-state index in [4.69, 9.17) is 0 Å². The van der Waals surface area contributed by atoms with Crippen LogP contribution < -0.4 is 9.80 Å². The van der Waals surface area contributed by atoms with Crippen LogP contribution in [0.1, 0.15) is 5.56 Å². The standard InChI is InChI=1S/C21H21N7/c1-15-13-19(16-3-4-18-17(14-16)5-8-22-18)25-26-20(15)27-9-11-28(12-10-27)21-23-6-2-7-24-21/h2-8,13-14,22H,9-12H2,1H3. The summed E-state index contributed by atoms with van der Waals surface area (Å²) in [7, 11) is 0.